The molecule has 0 aliphatic rings. The highest BCUT2D eigenvalue weighted by molar-refractivity contribution is 8.00. The van der Waals surface area contributed by atoms with Crippen LogP contribution in [0, 0.1) is 0 Å². The van der Waals surface area contributed by atoms with Gasteiger partial charge in [0.25, 0.3) is 11.8 Å². The van der Waals surface area contributed by atoms with Crippen LogP contribution in [-0.2, 0) is 9.59 Å². The molecule has 0 spiro atoms. The lowest BCUT2D eigenvalue weighted by molar-refractivity contribution is -0.114. The van der Waals surface area contributed by atoms with Gasteiger partial charge in [-0.3, -0.25) is 19.7 Å². The number of aromatic nitrogens is 2. The van der Waals surface area contributed by atoms with E-state index in [4.69, 9.17) is 9.47 Å². The Balaban J connectivity index is 1.49. The Morgan fingerprint density at radius 3 is 2.47 bits per heavy atom. The molecule has 3 amide bonds. The number of carbonyl (C=O) groups excluding carboxylic acids is 3. The highest BCUT2D eigenvalue weighted by atomic mass is 32.2. The lowest BCUT2D eigenvalue weighted by atomic mass is 10.1. The van der Waals surface area contributed by atoms with Crippen molar-refractivity contribution in [2.75, 3.05) is 36.4 Å². The van der Waals surface area contributed by atoms with Gasteiger partial charge in [-0.15, -0.1) is 11.8 Å². The van der Waals surface area contributed by atoms with Gasteiger partial charge in [-0.05, 0) is 48.2 Å². The number of benzene rings is 3. The number of methoxy groups -OCH3 is 2. The van der Waals surface area contributed by atoms with Gasteiger partial charge in [-0.2, -0.15) is 9.36 Å². The molecule has 4 aromatic rings. The lowest BCUT2D eigenvalue weighted by Gasteiger charge is -2.14. The van der Waals surface area contributed by atoms with Crippen LogP contribution < -0.4 is 25.4 Å². The van der Waals surface area contributed by atoms with E-state index in [9.17, 15) is 14.4 Å². The van der Waals surface area contributed by atoms with Crippen LogP contribution in [-0.4, -0.2) is 52.8 Å². The first-order valence-electron chi connectivity index (χ1n) is 13.0. The highest BCUT2D eigenvalue weighted by Crippen LogP contribution is 2.32. The van der Waals surface area contributed by atoms with E-state index in [0.717, 1.165) is 22.2 Å². The molecule has 1 heterocycles. The molecule has 10 nitrogen and oxygen atoms in total. The number of hydrogen-bond acceptors (Lipinski definition) is 10. The molecule has 0 aliphatic heterocycles. The summed E-state index contributed by atoms with van der Waals surface area (Å²) in [7, 11) is 3.01. The third kappa shape index (κ3) is 9.08. The molecule has 0 saturated carbocycles. The quantitative estimate of drug-likeness (QED) is 0.123. The number of anilines is 2. The average molecular weight is 636 g/mol. The highest BCUT2D eigenvalue weighted by Gasteiger charge is 2.18. The van der Waals surface area contributed by atoms with E-state index >= 15 is 0 Å². The lowest BCUT2D eigenvalue weighted by Crippen LogP contribution is -2.30. The van der Waals surface area contributed by atoms with Crippen LogP contribution in [0.5, 0.6) is 11.5 Å². The summed E-state index contributed by atoms with van der Waals surface area (Å²) in [4.78, 5) is 44.0. The van der Waals surface area contributed by atoms with E-state index in [-0.39, 0.29) is 17.4 Å². The maximum atomic E-state index is 13.5. The van der Waals surface area contributed by atoms with E-state index < -0.39 is 11.8 Å². The minimum Gasteiger partial charge on any atom is -0.493 e. The molecule has 13 heteroatoms. The average Bonchev–Trinajstić information content (AvgIpc) is 3.46. The Morgan fingerprint density at radius 1 is 0.930 bits per heavy atom. The molecule has 0 saturated heterocycles. The summed E-state index contributed by atoms with van der Waals surface area (Å²) in [6.45, 7) is 2.01. The summed E-state index contributed by atoms with van der Waals surface area (Å²) < 4.78 is 15.1. The molecule has 43 heavy (non-hydrogen) atoms. The number of nitrogens with zero attached hydrogens (tertiary/aromatic N) is 2. The van der Waals surface area contributed by atoms with Crippen molar-refractivity contribution >= 4 is 69.7 Å². The number of hydrogen-bond donors (Lipinski definition) is 3. The largest absolute Gasteiger partial charge is 0.493 e. The summed E-state index contributed by atoms with van der Waals surface area (Å²) in [6.07, 6.45) is 1.53. The SMILES string of the molecule is CCSc1nsc(NC(=O)CSc2cccc(NC(=O)/C(=C\c3cccc(OC)c3OC)NC(=O)c3ccccc3)c2)n1. The first-order valence-corrected chi connectivity index (χ1v) is 15.7. The van der Waals surface area contributed by atoms with Gasteiger partial charge in [0, 0.05) is 33.2 Å². The van der Waals surface area contributed by atoms with E-state index in [1.807, 2.05) is 13.0 Å². The van der Waals surface area contributed by atoms with Crippen LogP contribution in [0.2, 0.25) is 0 Å². The van der Waals surface area contributed by atoms with Gasteiger partial charge in [-0.25, -0.2) is 0 Å². The van der Waals surface area contributed by atoms with E-state index in [1.54, 1.807) is 66.7 Å². The molecule has 1 aromatic heterocycles. The van der Waals surface area contributed by atoms with Crippen molar-refractivity contribution in [2.45, 2.75) is 17.0 Å². The Morgan fingerprint density at radius 2 is 1.72 bits per heavy atom. The molecule has 0 aliphatic carbocycles. The first-order chi connectivity index (χ1) is 20.9. The predicted molar refractivity (Wildman–Crippen MR) is 172 cm³/mol. The summed E-state index contributed by atoms with van der Waals surface area (Å²) in [5.74, 6) is 0.658. The molecular formula is C30H29N5O5S3. The van der Waals surface area contributed by atoms with Gasteiger partial charge >= 0.3 is 0 Å². The van der Waals surface area contributed by atoms with Crippen LogP contribution in [0.4, 0.5) is 10.8 Å². The van der Waals surface area contributed by atoms with Crippen LogP contribution >= 0.6 is 35.1 Å². The number of ether oxygens (including phenoxy) is 2. The predicted octanol–water partition coefficient (Wildman–Crippen LogP) is 5.81. The number of nitrogens with one attached hydrogen (secondary N) is 3. The Labute approximate surface area is 261 Å². The number of thioether (sulfide) groups is 2. The summed E-state index contributed by atoms with van der Waals surface area (Å²) in [5, 5.41) is 9.41. The standard InChI is InChI=1S/C30H29N5O5S3/c1-4-41-30-34-29(43-35-30)33-25(36)18-42-22-14-9-13-21(17-22)31-28(38)23(32-27(37)19-10-6-5-7-11-19)16-20-12-8-15-24(39-2)26(20)40-3/h5-17H,4,18H2,1-3H3,(H,31,38)(H,32,37)(H,33,34,35,36)/b23-16+. The van der Waals surface area contributed by atoms with Gasteiger partial charge in [0.05, 0.1) is 20.0 Å². The van der Waals surface area contributed by atoms with E-state index in [1.165, 1.54) is 43.8 Å². The number of carbonyl (C=O) groups is 3. The molecule has 222 valence electrons. The maximum absolute atomic E-state index is 13.5. The minimum atomic E-state index is -0.550. The van der Waals surface area contributed by atoms with Gasteiger partial charge in [0.2, 0.25) is 16.2 Å². The first kappa shape index (κ1) is 31.6. The molecule has 3 aromatic carbocycles. The van der Waals surface area contributed by atoms with Crippen molar-refractivity contribution in [3.8, 4) is 11.5 Å². The molecule has 0 radical (unpaired) electrons. The second-order valence-electron chi connectivity index (χ2n) is 8.59. The fourth-order valence-electron chi connectivity index (χ4n) is 3.74. The summed E-state index contributed by atoms with van der Waals surface area (Å²) in [5.41, 5.74) is 1.41. The molecular weight excluding hydrogens is 607 g/mol. The zero-order chi connectivity index (χ0) is 30.6. The topological polar surface area (TPSA) is 132 Å². The van der Waals surface area contributed by atoms with Crippen LogP contribution in [0.25, 0.3) is 6.08 Å². The molecule has 0 fully saturated rings. The monoisotopic (exact) mass is 635 g/mol. The zero-order valence-corrected chi connectivity index (χ0v) is 26.0. The van der Waals surface area contributed by atoms with Crippen molar-refractivity contribution in [1.29, 1.82) is 0 Å². The van der Waals surface area contributed by atoms with E-state index in [2.05, 4.69) is 25.3 Å². The molecule has 0 bridgehead atoms. The van der Waals surface area contributed by atoms with Gasteiger partial charge in [0.1, 0.15) is 5.70 Å². The van der Waals surface area contributed by atoms with Crippen molar-refractivity contribution in [3.05, 3.63) is 89.6 Å². The van der Waals surface area contributed by atoms with E-state index in [0.29, 0.717) is 38.6 Å². The Bertz CT molecular complexity index is 1610. The van der Waals surface area contributed by atoms with Crippen LogP contribution in [0.3, 0.4) is 0 Å². The maximum Gasteiger partial charge on any atom is 0.272 e. The molecule has 3 N–H and O–H groups in total. The second kappa shape index (κ2) is 15.8. The Kier molecular flexibility index (Phi) is 11.6. The van der Waals surface area contributed by atoms with Crippen LogP contribution in [0.15, 0.2) is 88.5 Å². The third-order valence-corrected chi connectivity index (χ3v) is 8.12. The van der Waals surface area contributed by atoms with Gasteiger partial charge < -0.3 is 20.1 Å². The van der Waals surface area contributed by atoms with Crippen molar-refractivity contribution in [3.63, 3.8) is 0 Å². The van der Waals surface area contributed by atoms with Gasteiger partial charge in [0.15, 0.2) is 11.5 Å². The summed E-state index contributed by atoms with van der Waals surface area (Å²) in [6, 6.07) is 20.9. The van der Waals surface area contributed by atoms with Crippen molar-refractivity contribution in [2.24, 2.45) is 0 Å². The second-order valence-corrected chi connectivity index (χ2v) is 11.6. The minimum absolute atomic E-state index is 0.00416. The molecule has 0 unspecified atom stereocenters. The van der Waals surface area contributed by atoms with Gasteiger partial charge in [-0.1, -0.05) is 55.1 Å². The van der Waals surface area contributed by atoms with Crippen LogP contribution in [0.1, 0.15) is 22.8 Å². The fraction of sp³-hybridized carbons (Fsp3) is 0.167. The molecule has 0 atom stereocenters. The number of para-hydroxylation sites is 1. The summed E-state index contributed by atoms with van der Waals surface area (Å²) >= 11 is 3.95. The normalized spacial score (nSPS) is 11.0. The molecule has 4 rings (SSSR count). The third-order valence-electron chi connectivity index (χ3n) is 5.65. The van der Waals surface area contributed by atoms with Crippen molar-refractivity contribution < 1.29 is 23.9 Å². The zero-order valence-electron chi connectivity index (χ0n) is 23.6. The Hall–Kier alpha value is -4.33. The van der Waals surface area contributed by atoms with Crippen molar-refractivity contribution in [1.82, 2.24) is 14.7 Å². The smallest absolute Gasteiger partial charge is 0.272 e. The number of rotatable bonds is 13. The number of amides is 3. The fourth-order valence-corrected chi connectivity index (χ4v) is 5.78.